The topological polar surface area (TPSA) is 46.0 Å². The van der Waals surface area contributed by atoms with E-state index in [9.17, 15) is 0 Å². The molecule has 0 radical (unpaired) electrons. The second-order valence-corrected chi connectivity index (χ2v) is 6.69. The molecule has 0 spiro atoms. The summed E-state index contributed by atoms with van der Waals surface area (Å²) in [6, 6.07) is 12.0. The summed E-state index contributed by atoms with van der Waals surface area (Å²) >= 11 is 6.04. The number of H-pyrrole nitrogens is 1. The molecular formula is C19H15ClN4. The zero-order valence-corrected chi connectivity index (χ0v) is 13.7. The van der Waals surface area contributed by atoms with Crippen molar-refractivity contribution in [1.29, 1.82) is 0 Å². The normalized spacial score (nSPS) is 14.4. The highest BCUT2D eigenvalue weighted by Gasteiger charge is 2.30. The Balaban J connectivity index is 1.72. The Kier molecular flexibility index (Phi) is 3.00. The molecule has 3 heterocycles. The summed E-state index contributed by atoms with van der Waals surface area (Å²) in [5.74, 6) is 0.590. The Hall–Kier alpha value is -2.59. The van der Waals surface area contributed by atoms with E-state index in [1.807, 2.05) is 47.1 Å². The minimum Gasteiger partial charge on any atom is -0.306 e. The van der Waals surface area contributed by atoms with Gasteiger partial charge in [-0.25, -0.2) is 4.98 Å². The Morgan fingerprint density at radius 1 is 1.04 bits per heavy atom. The second kappa shape index (κ2) is 5.21. The highest BCUT2D eigenvalue weighted by molar-refractivity contribution is 6.30. The fourth-order valence-electron chi connectivity index (χ4n) is 3.20. The number of imidazole rings is 1. The number of aromatic amines is 1. The molecule has 1 N–H and O–H groups in total. The van der Waals surface area contributed by atoms with E-state index in [-0.39, 0.29) is 0 Å². The number of nitrogens with one attached hydrogen (secondary N) is 1. The Morgan fingerprint density at radius 2 is 1.83 bits per heavy atom. The van der Waals surface area contributed by atoms with Gasteiger partial charge in [0.25, 0.3) is 0 Å². The number of hydrogen-bond donors (Lipinski definition) is 1. The molecule has 4 nitrogen and oxygen atoms in total. The van der Waals surface area contributed by atoms with Crippen molar-refractivity contribution < 1.29 is 0 Å². The van der Waals surface area contributed by atoms with Crippen molar-refractivity contribution in [1.82, 2.24) is 19.6 Å². The molecule has 1 aliphatic rings. The van der Waals surface area contributed by atoms with Gasteiger partial charge in [-0.2, -0.15) is 5.10 Å². The summed E-state index contributed by atoms with van der Waals surface area (Å²) < 4.78 is 2.05. The van der Waals surface area contributed by atoms with Gasteiger partial charge < -0.3 is 4.40 Å². The summed E-state index contributed by atoms with van der Waals surface area (Å²) in [4.78, 5) is 4.33. The van der Waals surface area contributed by atoms with E-state index in [2.05, 4.69) is 27.4 Å². The molecule has 5 heteroatoms. The first-order valence-electron chi connectivity index (χ1n) is 8.07. The third kappa shape index (κ3) is 2.22. The highest BCUT2D eigenvalue weighted by atomic mass is 35.5. The molecule has 1 aromatic carbocycles. The monoisotopic (exact) mass is 334 g/mol. The third-order valence-corrected chi connectivity index (χ3v) is 4.83. The minimum atomic E-state index is 0.590. The molecule has 0 amide bonds. The lowest BCUT2D eigenvalue weighted by Crippen LogP contribution is -1.90. The van der Waals surface area contributed by atoms with Crippen LogP contribution in [-0.4, -0.2) is 19.6 Å². The first-order valence-corrected chi connectivity index (χ1v) is 8.45. The fourth-order valence-corrected chi connectivity index (χ4v) is 3.33. The van der Waals surface area contributed by atoms with Crippen LogP contribution in [0, 0.1) is 0 Å². The number of hydrogen-bond acceptors (Lipinski definition) is 2. The Labute approximate surface area is 144 Å². The predicted molar refractivity (Wildman–Crippen MR) is 95.2 cm³/mol. The first kappa shape index (κ1) is 13.8. The number of nitrogens with zero attached hydrogens (tertiary/aromatic N) is 3. The average Bonchev–Trinajstić information content (AvgIpc) is 3.18. The summed E-state index contributed by atoms with van der Waals surface area (Å²) in [5.41, 5.74) is 6.58. The van der Waals surface area contributed by atoms with Gasteiger partial charge in [0.1, 0.15) is 11.3 Å². The number of halogens is 1. The van der Waals surface area contributed by atoms with Crippen LogP contribution in [0.3, 0.4) is 0 Å². The van der Waals surface area contributed by atoms with Gasteiger partial charge in [-0.05, 0) is 37.1 Å². The quantitative estimate of drug-likeness (QED) is 0.578. The summed E-state index contributed by atoms with van der Waals surface area (Å²) in [6.07, 6.45) is 8.36. The van der Waals surface area contributed by atoms with Crippen molar-refractivity contribution in [3.63, 3.8) is 0 Å². The fraction of sp³-hybridized carbons (Fsp3) is 0.158. The van der Waals surface area contributed by atoms with Gasteiger partial charge in [-0.3, -0.25) is 5.10 Å². The molecule has 1 aliphatic carbocycles. The molecule has 5 rings (SSSR count). The van der Waals surface area contributed by atoms with Crippen molar-refractivity contribution in [3.8, 4) is 22.4 Å². The summed E-state index contributed by atoms with van der Waals surface area (Å²) in [6.45, 7) is 0. The van der Waals surface area contributed by atoms with Crippen LogP contribution in [0.5, 0.6) is 0 Å². The van der Waals surface area contributed by atoms with E-state index < -0.39 is 0 Å². The van der Waals surface area contributed by atoms with E-state index in [4.69, 9.17) is 11.6 Å². The molecule has 1 saturated carbocycles. The molecule has 0 aliphatic heterocycles. The third-order valence-electron chi connectivity index (χ3n) is 4.57. The van der Waals surface area contributed by atoms with E-state index in [1.165, 1.54) is 24.1 Å². The standard InChI is InChI=1S/C19H15ClN4/c20-15-6-3-13(4-7-15)19-17(18(22-23-19)12-1-2-12)14-5-8-16-21-9-10-24(16)11-14/h3-12H,1-2H2,(H,22,23). The molecule has 118 valence electrons. The highest BCUT2D eigenvalue weighted by Crippen LogP contribution is 2.46. The molecule has 0 unspecified atom stereocenters. The second-order valence-electron chi connectivity index (χ2n) is 6.25. The number of pyridine rings is 1. The van der Waals surface area contributed by atoms with Gasteiger partial charge in [0.2, 0.25) is 0 Å². The van der Waals surface area contributed by atoms with Crippen molar-refractivity contribution in [3.05, 3.63) is 65.7 Å². The van der Waals surface area contributed by atoms with Crippen LogP contribution >= 0.6 is 11.6 Å². The van der Waals surface area contributed by atoms with E-state index in [1.54, 1.807) is 0 Å². The van der Waals surface area contributed by atoms with Gasteiger partial charge in [-0.15, -0.1) is 0 Å². The van der Waals surface area contributed by atoms with Crippen LogP contribution in [0.1, 0.15) is 24.5 Å². The smallest absolute Gasteiger partial charge is 0.136 e. The van der Waals surface area contributed by atoms with Crippen molar-refractivity contribution in [2.45, 2.75) is 18.8 Å². The maximum atomic E-state index is 6.04. The van der Waals surface area contributed by atoms with Crippen LogP contribution in [0.25, 0.3) is 28.0 Å². The predicted octanol–water partition coefficient (Wildman–Crippen LogP) is 4.92. The molecule has 0 saturated heterocycles. The number of aromatic nitrogens is 4. The molecule has 0 bridgehead atoms. The van der Waals surface area contributed by atoms with Gasteiger partial charge in [0.15, 0.2) is 0 Å². The molecule has 24 heavy (non-hydrogen) atoms. The first-order chi connectivity index (χ1) is 11.8. The van der Waals surface area contributed by atoms with Crippen molar-refractivity contribution in [2.24, 2.45) is 0 Å². The van der Waals surface area contributed by atoms with Gasteiger partial charge in [0, 0.05) is 51.9 Å². The Bertz CT molecular complexity index is 1030. The van der Waals surface area contributed by atoms with Crippen LogP contribution in [0.4, 0.5) is 0 Å². The van der Waals surface area contributed by atoms with Crippen LogP contribution in [-0.2, 0) is 0 Å². The van der Waals surface area contributed by atoms with Crippen molar-refractivity contribution in [2.75, 3.05) is 0 Å². The molecular weight excluding hydrogens is 320 g/mol. The zero-order valence-electron chi connectivity index (χ0n) is 12.9. The maximum Gasteiger partial charge on any atom is 0.136 e. The number of benzene rings is 1. The van der Waals surface area contributed by atoms with Gasteiger partial charge in [-0.1, -0.05) is 23.7 Å². The summed E-state index contributed by atoms with van der Waals surface area (Å²) in [5, 5.41) is 8.64. The maximum absolute atomic E-state index is 6.04. The van der Waals surface area contributed by atoms with Gasteiger partial charge in [0.05, 0.1) is 0 Å². The molecule has 0 atom stereocenters. The molecule has 3 aromatic heterocycles. The van der Waals surface area contributed by atoms with Crippen LogP contribution in [0.2, 0.25) is 5.02 Å². The van der Waals surface area contributed by atoms with E-state index >= 15 is 0 Å². The zero-order chi connectivity index (χ0) is 16.1. The largest absolute Gasteiger partial charge is 0.306 e. The van der Waals surface area contributed by atoms with E-state index in [0.717, 1.165) is 27.5 Å². The average molecular weight is 335 g/mol. The molecule has 4 aromatic rings. The lowest BCUT2D eigenvalue weighted by atomic mass is 9.98. The molecule has 1 fully saturated rings. The minimum absolute atomic E-state index is 0.590. The number of rotatable bonds is 3. The Morgan fingerprint density at radius 3 is 2.62 bits per heavy atom. The van der Waals surface area contributed by atoms with Gasteiger partial charge >= 0.3 is 0 Å². The van der Waals surface area contributed by atoms with Crippen molar-refractivity contribution >= 4 is 17.2 Å². The summed E-state index contributed by atoms with van der Waals surface area (Å²) in [7, 11) is 0. The lowest BCUT2D eigenvalue weighted by Gasteiger charge is -2.07. The SMILES string of the molecule is Clc1ccc(-c2n[nH]c(C3CC3)c2-c2ccc3nccn3c2)cc1. The number of fused-ring (bicyclic) bond motifs is 1. The van der Waals surface area contributed by atoms with Crippen LogP contribution in [0.15, 0.2) is 55.0 Å². The van der Waals surface area contributed by atoms with Crippen LogP contribution < -0.4 is 0 Å². The van der Waals surface area contributed by atoms with E-state index in [0.29, 0.717) is 5.92 Å². The lowest BCUT2D eigenvalue weighted by molar-refractivity contribution is 0.967.